The van der Waals surface area contributed by atoms with Crippen molar-refractivity contribution in [1.82, 2.24) is 15.5 Å². The van der Waals surface area contributed by atoms with Gasteiger partial charge in [-0.25, -0.2) is 0 Å². The molecule has 130 valence electrons. The zero-order valence-electron chi connectivity index (χ0n) is 15.2. The van der Waals surface area contributed by atoms with Crippen molar-refractivity contribution in [3.05, 3.63) is 83.5 Å². The quantitative estimate of drug-likeness (QED) is 0.727. The predicted octanol–water partition coefficient (Wildman–Crippen LogP) is 4.81. The maximum atomic E-state index is 5.50. The van der Waals surface area contributed by atoms with Gasteiger partial charge in [-0.3, -0.25) is 5.32 Å². The van der Waals surface area contributed by atoms with Gasteiger partial charge in [-0.1, -0.05) is 86.6 Å². The summed E-state index contributed by atoms with van der Waals surface area (Å²) in [7, 11) is 0. The van der Waals surface area contributed by atoms with Gasteiger partial charge in [0.25, 0.3) is 0 Å². The highest BCUT2D eigenvalue weighted by Crippen LogP contribution is 2.26. The molecular formula is C21H25N3O. The third kappa shape index (κ3) is 4.15. The van der Waals surface area contributed by atoms with Gasteiger partial charge in [0.05, 0.1) is 12.1 Å². The van der Waals surface area contributed by atoms with Crippen LogP contribution in [0.3, 0.4) is 0 Å². The lowest BCUT2D eigenvalue weighted by Gasteiger charge is -2.22. The monoisotopic (exact) mass is 335 g/mol. The summed E-state index contributed by atoms with van der Waals surface area (Å²) in [6.07, 6.45) is 0. The van der Waals surface area contributed by atoms with E-state index in [2.05, 4.69) is 91.7 Å². The maximum Gasteiger partial charge on any atom is 0.243 e. The van der Waals surface area contributed by atoms with E-state index >= 15 is 0 Å². The van der Waals surface area contributed by atoms with E-state index in [1.165, 1.54) is 11.1 Å². The lowest BCUT2D eigenvalue weighted by Crippen LogP contribution is -2.26. The normalized spacial score (nSPS) is 13.2. The molecule has 0 aliphatic heterocycles. The molecule has 1 heterocycles. The molecule has 0 bridgehead atoms. The van der Waals surface area contributed by atoms with E-state index in [-0.39, 0.29) is 17.5 Å². The van der Waals surface area contributed by atoms with E-state index < -0.39 is 0 Å². The Morgan fingerprint density at radius 2 is 1.40 bits per heavy atom. The van der Waals surface area contributed by atoms with Crippen molar-refractivity contribution in [2.24, 2.45) is 0 Å². The van der Waals surface area contributed by atoms with Crippen molar-refractivity contribution >= 4 is 0 Å². The number of aromatic nitrogens is 2. The van der Waals surface area contributed by atoms with Crippen LogP contribution < -0.4 is 5.32 Å². The van der Waals surface area contributed by atoms with Crippen LogP contribution in [0.15, 0.2) is 65.2 Å². The molecule has 0 saturated heterocycles. The van der Waals surface area contributed by atoms with Crippen LogP contribution in [0.2, 0.25) is 0 Å². The molecule has 0 unspecified atom stereocenters. The van der Waals surface area contributed by atoms with Crippen LogP contribution in [0, 0.1) is 0 Å². The van der Waals surface area contributed by atoms with Gasteiger partial charge in [-0.15, -0.1) is 0 Å². The number of hydrogen-bond donors (Lipinski definition) is 1. The Kier molecular flexibility index (Phi) is 5.00. The van der Waals surface area contributed by atoms with Gasteiger partial charge in [-0.05, 0) is 18.1 Å². The molecule has 25 heavy (non-hydrogen) atoms. The number of nitrogens with zero attached hydrogens (tertiary/aromatic N) is 2. The fraction of sp³-hybridized carbons (Fsp3) is 0.333. The molecule has 4 heteroatoms. The molecule has 3 aromatic rings. The Bertz CT molecular complexity index is 751. The summed E-state index contributed by atoms with van der Waals surface area (Å²) in [6, 6.07) is 20.8. The van der Waals surface area contributed by atoms with Crippen molar-refractivity contribution in [3.63, 3.8) is 0 Å². The average molecular weight is 335 g/mol. The van der Waals surface area contributed by atoms with E-state index in [1.54, 1.807) is 0 Å². The van der Waals surface area contributed by atoms with E-state index in [0.717, 1.165) is 5.82 Å². The molecule has 1 atom stereocenters. The van der Waals surface area contributed by atoms with Gasteiger partial charge in [0.1, 0.15) is 0 Å². The minimum absolute atomic E-state index is 0.0578. The van der Waals surface area contributed by atoms with Crippen molar-refractivity contribution < 1.29 is 4.52 Å². The third-order valence-corrected chi connectivity index (χ3v) is 4.17. The van der Waals surface area contributed by atoms with Gasteiger partial charge in [0.2, 0.25) is 5.89 Å². The molecule has 0 spiro atoms. The van der Waals surface area contributed by atoms with Crippen molar-refractivity contribution in [1.29, 1.82) is 0 Å². The zero-order chi connectivity index (χ0) is 17.9. The van der Waals surface area contributed by atoms with Crippen molar-refractivity contribution in [2.75, 3.05) is 0 Å². The summed E-state index contributed by atoms with van der Waals surface area (Å²) < 4.78 is 5.50. The van der Waals surface area contributed by atoms with Crippen molar-refractivity contribution in [2.45, 2.75) is 45.2 Å². The zero-order valence-corrected chi connectivity index (χ0v) is 15.2. The van der Waals surface area contributed by atoms with Crippen LogP contribution in [-0.4, -0.2) is 10.1 Å². The SMILES string of the molecule is C[C@@H](NC(c1ccccc1)c1ccccc1)c1nc(C(C)(C)C)no1. The fourth-order valence-corrected chi connectivity index (χ4v) is 2.71. The van der Waals surface area contributed by atoms with Gasteiger partial charge in [-0.2, -0.15) is 4.98 Å². The Morgan fingerprint density at radius 1 is 0.880 bits per heavy atom. The lowest BCUT2D eigenvalue weighted by atomic mass is 9.96. The third-order valence-electron chi connectivity index (χ3n) is 4.17. The summed E-state index contributed by atoms with van der Waals surface area (Å²) in [5, 5.41) is 7.77. The van der Waals surface area contributed by atoms with Crippen molar-refractivity contribution in [3.8, 4) is 0 Å². The summed E-state index contributed by atoms with van der Waals surface area (Å²) >= 11 is 0. The lowest BCUT2D eigenvalue weighted by molar-refractivity contribution is 0.324. The molecule has 0 fully saturated rings. The second kappa shape index (κ2) is 7.19. The Morgan fingerprint density at radius 3 is 1.84 bits per heavy atom. The van der Waals surface area contributed by atoms with Crippen LogP contribution in [0.4, 0.5) is 0 Å². The summed E-state index contributed by atoms with van der Waals surface area (Å²) in [4.78, 5) is 4.58. The second-order valence-corrected chi connectivity index (χ2v) is 7.35. The molecule has 0 radical (unpaired) electrons. The molecule has 1 aromatic heterocycles. The molecule has 0 aliphatic carbocycles. The Hall–Kier alpha value is -2.46. The standard InChI is InChI=1S/C21H25N3O/c1-15(19-23-20(24-25-19)21(2,3)4)22-18(16-11-7-5-8-12-16)17-13-9-6-10-14-17/h5-15,18,22H,1-4H3/t15-/m1/s1. The average Bonchev–Trinajstić information content (AvgIpc) is 3.12. The minimum atomic E-state index is -0.125. The van der Waals surface area contributed by atoms with Crippen LogP contribution in [-0.2, 0) is 5.41 Å². The largest absolute Gasteiger partial charge is 0.338 e. The molecule has 0 amide bonds. The number of benzene rings is 2. The number of nitrogens with one attached hydrogen (secondary N) is 1. The Balaban J connectivity index is 1.87. The molecule has 1 N–H and O–H groups in total. The molecule has 2 aromatic carbocycles. The van der Waals surface area contributed by atoms with Crippen LogP contribution in [0.1, 0.15) is 62.6 Å². The number of rotatable bonds is 5. The molecule has 3 rings (SSSR count). The first kappa shape index (κ1) is 17.4. The summed E-state index contributed by atoms with van der Waals surface area (Å²) in [6.45, 7) is 8.29. The van der Waals surface area contributed by atoms with E-state index in [4.69, 9.17) is 4.52 Å². The molecule has 0 saturated carbocycles. The molecular weight excluding hydrogens is 310 g/mol. The first-order valence-corrected chi connectivity index (χ1v) is 8.65. The van der Waals surface area contributed by atoms with Crippen LogP contribution in [0.5, 0.6) is 0 Å². The van der Waals surface area contributed by atoms with Gasteiger partial charge in [0.15, 0.2) is 5.82 Å². The summed E-state index contributed by atoms with van der Waals surface area (Å²) in [5.41, 5.74) is 2.28. The topological polar surface area (TPSA) is 51.0 Å². The number of hydrogen-bond acceptors (Lipinski definition) is 4. The minimum Gasteiger partial charge on any atom is -0.338 e. The van der Waals surface area contributed by atoms with E-state index in [0.29, 0.717) is 5.89 Å². The van der Waals surface area contributed by atoms with Crippen LogP contribution >= 0.6 is 0 Å². The molecule has 0 aliphatic rings. The predicted molar refractivity (Wildman–Crippen MR) is 99.3 cm³/mol. The van der Waals surface area contributed by atoms with Crippen LogP contribution in [0.25, 0.3) is 0 Å². The smallest absolute Gasteiger partial charge is 0.243 e. The Labute approximate surface area is 149 Å². The first-order chi connectivity index (χ1) is 11.9. The highest BCUT2D eigenvalue weighted by molar-refractivity contribution is 5.31. The molecule has 4 nitrogen and oxygen atoms in total. The van der Waals surface area contributed by atoms with Gasteiger partial charge >= 0.3 is 0 Å². The highest BCUT2D eigenvalue weighted by atomic mass is 16.5. The highest BCUT2D eigenvalue weighted by Gasteiger charge is 2.25. The van der Waals surface area contributed by atoms with E-state index in [9.17, 15) is 0 Å². The second-order valence-electron chi connectivity index (χ2n) is 7.35. The van der Waals surface area contributed by atoms with Gasteiger partial charge in [0, 0.05) is 5.41 Å². The van der Waals surface area contributed by atoms with E-state index in [1.807, 2.05) is 12.1 Å². The fourth-order valence-electron chi connectivity index (χ4n) is 2.71. The first-order valence-electron chi connectivity index (χ1n) is 8.65. The van der Waals surface area contributed by atoms with Gasteiger partial charge < -0.3 is 4.52 Å². The maximum absolute atomic E-state index is 5.50. The summed E-state index contributed by atoms with van der Waals surface area (Å²) in [5.74, 6) is 1.34.